The molecule has 0 aromatic heterocycles. The van der Waals surface area contributed by atoms with E-state index in [-0.39, 0.29) is 18.6 Å². The van der Waals surface area contributed by atoms with Gasteiger partial charge >= 0.3 is 5.97 Å². The molecule has 262 valence electrons. The average molecular weight is 689 g/mol. The predicted molar refractivity (Wildman–Crippen MR) is 209 cm³/mol. The van der Waals surface area contributed by atoms with E-state index in [0.29, 0.717) is 24.2 Å². The quantitative estimate of drug-likeness (QED) is 0.147. The molecule has 0 radical (unpaired) electrons. The number of methoxy groups -OCH3 is 2. The molecule has 0 spiro atoms. The lowest BCUT2D eigenvalue weighted by Gasteiger charge is -2.49. The lowest BCUT2D eigenvalue weighted by atomic mass is 9.71. The minimum absolute atomic E-state index is 0.200. The molecule has 5 aromatic rings. The summed E-state index contributed by atoms with van der Waals surface area (Å²) in [4.78, 5) is 16.8. The molecule has 0 saturated heterocycles. The van der Waals surface area contributed by atoms with Crippen LogP contribution in [0.1, 0.15) is 48.5 Å². The van der Waals surface area contributed by atoms with Crippen molar-refractivity contribution in [3.63, 3.8) is 0 Å². The van der Waals surface area contributed by atoms with Crippen molar-refractivity contribution in [2.24, 2.45) is 5.73 Å². The number of nitrogens with zero attached hydrogens (tertiary/aromatic N) is 1. The number of nitrogens with two attached hydrogens (primary N) is 1. The van der Waals surface area contributed by atoms with E-state index < -0.39 is 11.6 Å². The van der Waals surface area contributed by atoms with Crippen molar-refractivity contribution in [1.82, 2.24) is 0 Å². The monoisotopic (exact) mass is 688 g/mol. The van der Waals surface area contributed by atoms with E-state index >= 15 is 0 Å². The van der Waals surface area contributed by atoms with Gasteiger partial charge in [-0.05, 0) is 83.0 Å². The summed E-state index contributed by atoms with van der Waals surface area (Å²) in [6.07, 6.45) is 7.30. The maximum absolute atomic E-state index is 14.5. The molecule has 6 heteroatoms. The van der Waals surface area contributed by atoms with E-state index in [4.69, 9.17) is 19.9 Å². The zero-order valence-corrected chi connectivity index (χ0v) is 29.9. The molecule has 0 bridgehead atoms. The van der Waals surface area contributed by atoms with Crippen molar-refractivity contribution in [1.29, 1.82) is 0 Å². The summed E-state index contributed by atoms with van der Waals surface area (Å²) >= 11 is 0. The molecule has 3 unspecified atom stereocenters. The van der Waals surface area contributed by atoms with Crippen LogP contribution in [0.25, 0.3) is 16.7 Å². The zero-order valence-electron chi connectivity index (χ0n) is 29.9. The Morgan fingerprint density at radius 3 is 2.08 bits per heavy atom. The molecule has 1 heterocycles. The molecule has 5 aromatic carbocycles. The highest BCUT2D eigenvalue weighted by Gasteiger charge is 2.47. The van der Waals surface area contributed by atoms with Crippen molar-refractivity contribution in [3.8, 4) is 22.6 Å². The first-order valence-corrected chi connectivity index (χ1v) is 17.8. The molecule has 52 heavy (non-hydrogen) atoms. The van der Waals surface area contributed by atoms with Crippen LogP contribution in [0, 0.1) is 0 Å². The second-order valence-corrected chi connectivity index (χ2v) is 13.2. The third-order valence-corrected chi connectivity index (χ3v) is 10.2. The van der Waals surface area contributed by atoms with Gasteiger partial charge in [0.05, 0.1) is 49.7 Å². The second-order valence-electron chi connectivity index (χ2n) is 13.2. The maximum Gasteiger partial charge on any atom is 0.336 e. The largest absolute Gasteiger partial charge is 0.497 e. The molecule has 1 aliphatic heterocycles. The Balaban J connectivity index is 1.44. The second kappa shape index (κ2) is 15.2. The van der Waals surface area contributed by atoms with Crippen LogP contribution in [-0.2, 0) is 9.53 Å². The number of anilines is 1. The normalized spacial score (nSPS) is 19.9. The van der Waals surface area contributed by atoms with E-state index in [1.807, 2.05) is 67.6 Å². The Hall–Kier alpha value is -5.85. The Labute approximate surface area is 306 Å². The van der Waals surface area contributed by atoms with Crippen molar-refractivity contribution in [2.45, 2.75) is 37.4 Å². The Bertz CT molecular complexity index is 2120. The van der Waals surface area contributed by atoms with E-state index in [2.05, 4.69) is 95.9 Å². The van der Waals surface area contributed by atoms with Crippen LogP contribution >= 0.6 is 0 Å². The van der Waals surface area contributed by atoms with Crippen molar-refractivity contribution in [2.75, 3.05) is 25.7 Å². The predicted octanol–water partition coefficient (Wildman–Crippen LogP) is 9.66. The molecule has 2 N–H and O–H groups in total. The Morgan fingerprint density at radius 2 is 1.44 bits per heavy atom. The SMILES string of the molecule is CCOC(=O)C1=C(C2(N)C=CC(c3cccc(OC)c3)=CC2)CC(c2ccccc2)N(c2ccc(-c3ccccc3)cc2OC)C1c1ccccc1. The summed E-state index contributed by atoms with van der Waals surface area (Å²) in [5.41, 5.74) is 15.1. The van der Waals surface area contributed by atoms with Gasteiger partial charge in [0.1, 0.15) is 11.5 Å². The highest BCUT2D eigenvalue weighted by molar-refractivity contribution is 5.94. The van der Waals surface area contributed by atoms with E-state index in [9.17, 15) is 4.79 Å². The number of esters is 1. The molecular formula is C46H44N2O4. The highest BCUT2D eigenvalue weighted by atomic mass is 16.5. The van der Waals surface area contributed by atoms with Crippen molar-refractivity contribution in [3.05, 3.63) is 180 Å². The van der Waals surface area contributed by atoms with Crippen LogP contribution in [-0.4, -0.2) is 32.3 Å². The van der Waals surface area contributed by atoms with E-state index in [1.54, 1.807) is 14.2 Å². The van der Waals surface area contributed by atoms with Crippen LogP contribution in [0.2, 0.25) is 0 Å². The van der Waals surface area contributed by atoms with E-state index in [1.165, 1.54) is 0 Å². The van der Waals surface area contributed by atoms with Gasteiger partial charge in [-0.2, -0.15) is 0 Å². The molecule has 0 saturated carbocycles. The minimum atomic E-state index is -0.947. The van der Waals surface area contributed by atoms with Gasteiger partial charge in [0.25, 0.3) is 0 Å². The molecule has 0 amide bonds. The molecule has 6 nitrogen and oxygen atoms in total. The molecule has 2 aliphatic rings. The Kier molecular flexibility index (Phi) is 10.1. The molecule has 1 aliphatic carbocycles. The first kappa shape index (κ1) is 34.6. The van der Waals surface area contributed by atoms with Crippen LogP contribution in [0.5, 0.6) is 11.5 Å². The third-order valence-electron chi connectivity index (χ3n) is 10.2. The first-order chi connectivity index (χ1) is 25.4. The molecular weight excluding hydrogens is 645 g/mol. The fraction of sp³-hybridized carbons (Fsp3) is 0.196. The lowest BCUT2D eigenvalue weighted by Crippen LogP contribution is -2.49. The number of ether oxygens (including phenoxy) is 3. The molecule has 3 atom stereocenters. The van der Waals surface area contributed by atoms with Gasteiger partial charge in [-0.3, -0.25) is 0 Å². The summed E-state index contributed by atoms with van der Waals surface area (Å²) in [6.45, 7) is 2.08. The number of hydrogen-bond donors (Lipinski definition) is 1. The van der Waals surface area contributed by atoms with Crippen molar-refractivity contribution >= 4 is 17.2 Å². The standard InChI is InChI=1S/C46H44N2O4/c1-4-52-45(49)43-39(46(47)27-25-33(26-28-46)36-21-14-22-38(29-36)50-2)31-41(34-17-10-6-11-18-34)48(44(43)35-19-12-7-13-20-35)40-24-23-37(30-42(40)51-3)32-15-8-5-9-16-32/h5-27,29-30,41,44H,4,28,31,47H2,1-3H3. The van der Waals surface area contributed by atoms with Crippen LogP contribution in [0.4, 0.5) is 5.69 Å². The number of carbonyl (C=O) groups excluding carboxylic acids is 1. The van der Waals surface area contributed by atoms with Gasteiger partial charge in [-0.15, -0.1) is 0 Å². The maximum atomic E-state index is 14.5. The lowest BCUT2D eigenvalue weighted by molar-refractivity contribution is -0.139. The minimum Gasteiger partial charge on any atom is -0.497 e. The van der Waals surface area contributed by atoms with Gasteiger partial charge in [-0.25, -0.2) is 4.79 Å². The van der Waals surface area contributed by atoms with Gasteiger partial charge < -0.3 is 24.8 Å². The van der Waals surface area contributed by atoms with Gasteiger partial charge in [0, 0.05) is 0 Å². The molecule has 7 rings (SSSR count). The van der Waals surface area contributed by atoms with E-state index in [0.717, 1.165) is 50.4 Å². The van der Waals surface area contributed by atoms with Crippen LogP contribution in [0.15, 0.2) is 163 Å². The van der Waals surface area contributed by atoms with Gasteiger partial charge in [0.2, 0.25) is 0 Å². The summed E-state index contributed by atoms with van der Waals surface area (Å²) in [6, 6.07) is 44.5. The van der Waals surface area contributed by atoms with Crippen LogP contribution in [0.3, 0.4) is 0 Å². The fourth-order valence-corrected chi connectivity index (χ4v) is 7.59. The summed E-state index contributed by atoms with van der Waals surface area (Å²) in [7, 11) is 3.37. The number of benzene rings is 5. The fourth-order valence-electron chi connectivity index (χ4n) is 7.59. The topological polar surface area (TPSA) is 74.0 Å². The van der Waals surface area contributed by atoms with Gasteiger partial charge in [-0.1, -0.05) is 127 Å². The van der Waals surface area contributed by atoms with Crippen molar-refractivity contribution < 1.29 is 19.0 Å². The van der Waals surface area contributed by atoms with Gasteiger partial charge in [0.15, 0.2) is 0 Å². The number of carbonyl (C=O) groups is 1. The summed E-state index contributed by atoms with van der Waals surface area (Å²) in [5, 5.41) is 0. The first-order valence-electron chi connectivity index (χ1n) is 17.8. The summed E-state index contributed by atoms with van der Waals surface area (Å²) in [5.74, 6) is 1.13. The number of allylic oxidation sites excluding steroid dienone is 2. The smallest absolute Gasteiger partial charge is 0.336 e. The average Bonchev–Trinajstić information content (AvgIpc) is 3.21. The van der Waals surface area contributed by atoms with Crippen LogP contribution < -0.4 is 20.1 Å². The highest BCUT2D eigenvalue weighted by Crippen LogP contribution is 2.53. The number of rotatable bonds is 10. The third kappa shape index (κ3) is 6.78. The summed E-state index contributed by atoms with van der Waals surface area (Å²) < 4.78 is 17.6. The zero-order chi connectivity index (χ0) is 36.1. The number of hydrogen-bond acceptors (Lipinski definition) is 6. The Morgan fingerprint density at radius 1 is 0.769 bits per heavy atom. The molecule has 0 fully saturated rings.